The molecule has 1 atom stereocenters. The van der Waals surface area contributed by atoms with E-state index < -0.39 is 0 Å². The second-order valence-electron chi connectivity index (χ2n) is 5.98. The fraction of sp³-hybridized carbons (Fsp3) is 0.263. The van der Waals surface area contributed by atoms with Gasteiger partial charge in [0.25, 0.3) is 5.91 Å². The van der Waals surface area contributed by atoms with Crippen molar-refractivity contribution in [2.45, 2.75) is 17.1 Å². The molecule has 0 aliphatic carbocycles. The van der Waals surface area contributed by atoms with Crippen LogP contribution >= 0.6 is 11.8 Å². The average molecular weight is 371 g/mol. The van der Waals surface area contributed by atoms with Crippen molar-refractivity contribution < 1.29 is 23.8 Å². The van der Waals surface area contributed by atoms with Crippen LogP contribution in [0.15, 0.2) is 41.3 Å². The molecule has 1 unspecified atom stereocenters. The van der Waals surface area contributed by atoms with E-state index in [2.05, 4.69) is 5.32 Å². The van der Waals surface area contributed by atoms with Crippen LogP contribution in [0.5, 0.6) is 17.2 Å². The summed E-state index contributed by atoms with van der Waals surface area (Å²) in [6, 6.07) is 10.8. The first-order valence-electron chi connectivity index (χ1n) is 8.27. The Bertz CT molecular complexity index is 882. The van der Waals surface area contributed by atoms with Gasteiger partial charge in [0.05, 0.1) is 10.9 Å². The Morgan fingerprint density at radius 1 is 1.04 bits per heavy atom. The molecule has 134 valence electrons. The van der Waals surface area contributed by atoms with Gasteiger partial charge in [-0.1, -0.05) is 0 Å². The van der Waals surface area contributed by atoms with Gasteiger partial charge in [0, 0.05) is 10.5 Å². The maximum absolute atomic E-state index is 12.8. The van der Waals surface area contributed by atoms with E-state index >= 15 is 0 Å². The van der Waals surface area contributed by atoms with Crippen LogP contribution in [-0.4, -0.2) is 36.8 Å². The van der Waals surface area contributed by atoms with Crippen molar-refractivity contribution in [3.05, 3.63) is 42.0 Å². The summed E-state index contributed by atoms with van der Waals surface area (Å²) in [4.78, 5) is 25.2. The van der Waals surface area contributed by atoms with Crippen LogP contribution in [0.4, 0.5) is 5.69 Å². The van der Waals surface area contributed by atoms with Gasteiger partial charge in [-0.2, -0.15) is 0 Å². The van der Waals surface area contributed by atoms with Crippen LogP contribution in [0, 0.1) is 0 Å². The molecule has 6 nitrogen and oxygen atoms in total. The number of hydrogen-bond donors (Lipinski definition) is 1. The van der Waals surface area contributed by atoms with Gasteiger partial charge >= 0.3 is 0 Å². The number of carbonyl (C=O) groups excluding carboxylic acids is 2. The normalized spacial score (nSPS) is 16.1. The summed E-state index contributed by atoms with van der Waals surface area (Å²) >= 11 is 1.45. The zero-order chi connectivity index (χ0) is 18.1. The molecule has 0 radical (unpaired) electrons. The first-order valence-corrected chi connectivity index (χ1v) is 9.15. The van der Waals surface area contributed by atoms with Gasteiger partial charge < -0.3 is 19.5 Å². The standard InChI is InChI=1S/C19H17NO5S/c1-11(26-13-3-5-16-17(9-13)24-7-6-23-16)19(22)12-2-4-15-14(8-12)20-18(21)10-25-15/h2-5,8-9,11H,6-7,10H2,1H3,(H,20,21). The minimum Gasteiger partial charge on any atom is -0.486 e. The van der Waals surface area contributed by atoms with E-state index in [1.165, 1.54) is 11.8 Å². The number of hydrogen-bond acceptors (Lipinski definition) is 6. The lowest BCUT2D eigenvalue weighted by Crippen LogP contribution is -2.25. The third kappa shape index (κ3) is 3.35. The SMILES string of the molecule is CC(Sc1ccc2c(c1)OCCO2)C(=O)c1ccc2c(c1)NC(=O)CO2. The molecule has 0 bridgehead atoms. The second-order valence-corrected chi connectivity index (χ2v) is 7.39. The summed E-state index contributed by atoms with van der Waals surface area (Å²) in [7, 11) is 0. The van der Waals surface area contributed by atoms with Gasteiger partial charge in [0.1, 0.15) is 19.0 Å². The number of ether oxygens (including phenoxy) is 3. The fourth-order valence-electron chi connectivity index (χ4n) is 2.83. The van der Waals surface area contributed by atoms with E-state index in [1.807, 2.05) is 25.1 Å². The predicted octanol–water partition coefficient (Wildman–Crippen LogP) is 3.15. The van der Waals surface area contributed by atoms with Crippen molar-refractivity contribution in [2.75, 3.05) is 25.1 Å². The predicted molar refractivity (Wildman–Crippen MR) is 97.6 cm³/mol. The van der Waals surface area contributed by atoms with Crippen LogP contribution in [0.25, 0.3) is 0 Å². The Morgan fingerprint density at radius 3 is 2.65 bits per heavy atom. The molecule has 2 aliphatic heterocycles. The van der Waals surface area contributed by atoms with Crippen LogP contribution in [0.3, 0.4) is 0 Å². The van der Waals surface area contributed by atoms with Gasteiger partial charge in [-0.05, 0) is 43.3 Å². The largest absolute Gasteiger partial charge is 0.486 e. The van der Waals surface area contributed by atoms with E-state index in [0.29, 0.717) is 36.0 Å². The van der Waals surface area contributed by atoms with Crippen molar-refractivity contribution in [3.8, 4) is 17.2 Å². The van der Waals surface area contributed by atoms with Gasteiger partial charge in [-0.15, -0.1) is 11.8 Å². The molecule has 26 heavy (non-hydrogen) atoms. The zero-order valence-electron chi connectivity index (χ0n) is 14.1. The lowest BCUT2D eigenvalue weighted by Gasteiger charge is -2.20. The molecule has 1 amide bonds. The number of amides is 1. The Morgan fingerprint density at radius 2 is 1.81 bits per heavy atom. The summed E-state index contributed by atoms with van der Waals surface area (Å²) in [6.45, 7) is 2.93. The van der Waals surface area contributed by atoms with Crippen molar-refractivity contribution in [2.24, 2.45) is 0 Å². The summed E-state index contributed by atoms with van der Waals surface area (Å²) in [5.41, 5.74) is 1.07. The Balaban J connectivity index is 1.49. The minimum absolute atomic E-state index is 0.00331. The summed E-state index contributed by atoms with van der Waals surface area (Å²) in [6.07, 6.45) is 0. The maximum atomic E-state index is 12.8. The molecule has 2 aromatic rings. The first-order chi connectivity index (χ1) is 12.6. The highest BCUT2D eigenvalue weighted by molar-refractivity contribution is 8.00. The number of rotatable bonds is 4. The molecule has 2 aromatic carbocycles. The molecule has 0 saturated heterocycles. The number of anilines is 1. The van der Waals surface area contributed by atoms with Crippen molar-refractivity contribution >= 4 is 29.1 Å². The van der Waals surface area contributed by atoms with Crippen molar-refractivity contribution in [1.82, 2.24) is 0 Å². The Hall–Kier alpha value is -2.67. The highest BCUT2D eigenvalue weighted by atomic mass is 32.2. The quantitative estimate of drug-likeness (QED) is 0.657. The number of ketones is 1. The van der Waals surface area contributed by atoms with Crippen LogP contribution in [-0.2, 0) is 4.79 Å². The molecule has 1 N–H and O–H groups in total. The number of nitrogens with one attached hydrogen (secondary N) is 1. The van der Waals surface area contributed by atoms with Gasteiger partial charge in [-0.3, -0.25) is 9.59 Å². The van der Waals surface area contributed by atoms with Crippen molar-refractivity contribution in [1.29, 1.82) is 0 Å². The van der Waals surface area contributed by atoms with Gasteiger partial charge in [0.2, 0.25) is 0 Å². The molecule has 0 spiro atoms. The number of fused-ring (bicyclic) bond motifs is 2. The topological polar surface area (TPSA) is 73.9 Å². The number of thioether (sulfide) groups is 1. The van der Waals surface area contributed by atoms with E-state index in [1.54, 1.807) is 18.2 Å². The summed E-state index contributed by atoms with van der Waals surface area (Å²) < 4.78 is 16.4. The van der Waals surface area contributed by atoms with Gasteiger partial charge in [-0.25, -0.2) is 0 Å². The molecule has 0 saturated carbocycles. The molecule has 0 aromatic heterocycles. The number of Topliss-reactive ketones (excluding diaryl/α,β-unsaturated/α-hetero) is 1. The molecule has 4 rings (SSSR count). The van der Waals surface area contributed by atoms with E-state index in [0.717, 1.165) is 10.6 Å². The highest BCUT2D eigenvalue weighted by Crippen LogP contribution is 2.36. The highest BCUT2D eigenvalue weighted by Gasteiger charge is 2.22. The van der Waals surface area contributed by atoms with Gasteiger partial charge in [0.15, 0.2) is 23.9 Å². The van der Waals surface area contributed by atoms with E-state index in [4.69, 9.17) is 14.2 Å². The summed E-state index contributed by atoms with van der Waals surface area (Å²) in [5.74, 6) is 1.76. The smallest absolute Gasteiger partial charge is 0.262 e. The molecular weight excluding hydrogens is 354 g/mol. The molecule has 2 aliphatic rings. The van der Waals surface area contributed by atoms with Crippen molar-refractivity contribution in [3.63, 3.8) is 0 Å². The number of carbonyl (C=O) groups is 2. The third-order valence-electron chi connectivity index (χ3n) is 4.09. The van der Waals surface area contributed by atoms with E-state index in [-0.39, 0.29) is 23.5 Å². The lowest BCUT2D eigenvalue weighted by atomic mass is 10.1. The zero-order valence-corrected chi connectivity index (χ0v) is 14.9. The molecule has 2 heterocycles. The van der Waals surface area contributed by atoms with Crippen LogP contribution in [0.1, 0.15) is 17.3 Å². The fourth-order valence-corrected chi connectivity index (χ4v) is 3.80. The first kappa shape index (κ1) is 16.8. The molecule has 7 heteroatoms. The third-order valence-corrected chi connectivity index (χ3v) is 5.19. The lowest BCUT2D eigenvalue weighted by molar-refractivity contribution is -0.118. The number of benzene rings is 2. The van der Waals surface area contributed by atoms with E-state index in [9.17, 15) is 9.59 Å². The van der Waals surface area contributed by atoms with Crippen LogP contribution < -0.4 is 19.5 Å². The molecule has 0 fully saturated rings. The average Bonchev–Trinajstić information content (AvgIpc) is 2.66. The summed E-state index contributed by atoms with van der Waals surface area (Å²) in [5, 5.41) is 2.43. The van der Waals surface area contributed by atoms with Crippen LogP contribution in [0.2, 0.25) is 0 Å². The minimum atomic E-state index is -0.296. The Labute approximate surface area is 154 Å². The Kier molecular flexibility index (Phi) is 4.46. The molecular formula is C19H17NO5S. The maximum Gasteiger partial charge on any atom is 0.262 e. The monoisotopic (exact) mass is 371 g/mol. The second kappa shape index (κ2) is 6.92.